The van der Waals surface area contributed by atoms with Gasteiger partial charge in [-0.2, -0.15) is 0 Å². The molecule has 156 valence electrons. The van der Waals surface area contributed by atoms with Crippen LogP contribution in [0.1, 0.15) is 5.69 Å². The van der Waals surface area contributed by atoms with Gasteiger partial charge in [-0.25, -0.2) is 9.78 Å². The van der Waals surface area contributed by atoms with E-state index in [0.717, 1.165) is 30.2 Å². The lowest BCUT2D eigenvalue weighted by Crippen LogP contribution is -2.50. The molecule has 2 amide bonds. The molecule has 1 saturated heterocycles. The van der Waals surface area contributed by atoms with Crippen LogP contribution in [-0.2, 0) is 6.61 Å². The maximum Gasteiger partial charge on any atom is 0.321 e. The molecule has 2 heterocycles. The summed E-state index contributed by atoms with van der Waals surface area (Å²) in [6.45, 7) is 3.32. The summed E-state index contributed by atoms with van der Waals surface area (Å²) < 4.78 is 11.0. The molecule has 4 rings (SSSR count). The number of hydrogen-bond donors (Lipinski definition) is 1. The minimum atomic E-state index is -0.0963. The first-order valence-electron chi connectivity index (χ1n) is 9.76. The Morgan fingerprint density at radius 2 is 1.90 bits per heavy atom. The SMILES string of the molecule is COc1ccc(N2CCN(C(=O)Nc3cccc(OCc4cscn4)c3)CC2)cc1. The Balaban J connectivity index is 1.28. The molecule has 0 radical (unpaired) electrons. The minimum Gasteiger partial charge on any atom is -0.497 e. The van der Waals surface area contributed by atoms with Crippen molar-refractivity contribution in [3.8, 4) is 11.5 Å². The van der Waals surface area contributed by atoms with Gasteiger partial charge in [0, 0.05) is 49.0 Å². The Kier molecular flexibility index (Phi) is 6.34. The number of benzene rings is 2. The lowest BCUT2D eigenvalue weighted by molar-refractivity contribution is 0.208. The van der Waals surface area contributed by atoms with Crippen LogP contribution < -0.4 is 19.7 Å². The Morgan fingerprint density at radius 3 is 2.60 bits per heavy atom. The van der Waals surface area contributed by atoms with Crippen LogP contribution in [0.5, 0.6) is 11.5 Å². The van der Waals surface area contributed by atoms with Gasteiger partial charge in [-0.3, -0.25) is 0 Å². The summed E-state index contributed by atoms with van der Waals surface area (Å²) in [4.78, 5) is 21.0. The topological polar surface area (TPSA) is 66.9 Å². The highest BCUT2D eigenvalue weighted by atomic mass is 32.1. The number of hydrogen-bond acceptors (Lipinski definition) is 6. The second kappa shape index (κ2) is 9.49. The number of ether oxygens (including phenoxy) is 2. The molecule has 30 heavy (non-hydrogen) atoms. The highest BCUT2D eigenvalue weighted by Crippen LogP contribution is 2.22. The molecule has 0 aliphatic carbocycles. The molecule has 2 aromatic carbocycles. The second-order valence-corrected chi connectivity index (χ2v) is 7.62. The van der Waals surface area contributed by atoms with Crippen molar-refractivity contribution in [2.24, 2.45) is 0 Å². The third kappa shape index (κ3) is 5.01. The summed E-state index contributed by atoms with van der Waals surface area (Å²) in [6.07, 6.45) is 0. The molecule has 1 fully saturated rings. The molecular formula is C22H24N4O3S. The van der Waals surface area contributed by atoms with Gasteiger partial charge in [0.15, 0.2) is 0 Å². The average molecular weight is 425 g/mol. The van der Waals surface area contributed by atoms with E-state index >= 15 is 0 Å². The second-order valence-electron chi connectivity index (χ2n) is 6.90. The first kappa shape index (κ1) is 20.0. The zero-order chi connectivity index (χ0) is 20.8. The van der Waals surface area contributed by atoms with Crippen molar-refractivity contribution < 1.29 is 14.3 Å². The fourth-order valence-electron chi connectivity index (χ4n) is 3.29. The Morgan fingerprint density at radius 1 is 1.10 bits per heavy atom. The minimum absolute atomic E-state index is 0.0963. The summed E-state index contributed by atoms with van der Waals surface area (Å²) in [5, 5.41) is 4.93. The lowest BCUT2D eigenvalue weighted by Gasteiger charge is -2.36. The van der Waals surface area contributed by atoms with Crippen molar-refractivity contribution in [1.29, 1.82) is 0 Å². The van der Waals surface area contributed by atoms with E-state index in [-0.39, 0.29) is 6.03 Å². The molecular weight excluding hydrogens is 400 g/mol. The van der Waals surface area contributed by atoms with Gasteiger partial charge in [0.2, 0.25) is 0 Å². The number of nitrogens with one attached hydrogen (secondary N) is 1. The number of carbonyl (C=O) groups is 1. The van der Waals surface area contributed by atoms with Crippen LogP contribution in [0, 0.1) is 0 Å². The molecule has 0 saturated carbocycles. The van der Waals surface area contributed by atoms with Crippen molar-refractivity contribution in [2.75, 3.05) is 43.5 Å². The van der Waals surface area contributed by atoms with Gasteiger partial charge >= 0.3 is 6.03 Å². The number of amides is 2. The predicted molar refractivity (Wildman–Crippen MR) is 119 cm³/mol. The van der Waals surface area contributed by atoms with E-state index in [1.807, 2.05) is 58.8 Å². The number of carbonyl (C=O) groups excluding carboxylic acids is 1. The van der Waals surface area contributed by atoms with Crippen LogP contribution in [0.2, 0.25) is 0 Å². The van der Waals surface area contributed by atoms with Crippen molar-refractivity contribution in [1.82, 2.24) is 9.88 Å². The third-order valence-corrected chi connectivity index (χ3v) is 5.60. The number of piperazine rings is 1. The summed E-state index contributed by atoms with van der Waals surface area (Å²) in [5.41, 5.74) is 4.53. The van der Waals surface area contributed by atoms with Gasteiger partial charge in [0.25, 0.3) is 0 Å². The van der Waals surface area contributed by atoms with Crippen molar-refractivity contribution in [2.45, 2.75) is 6.61 Å². The number of urea groups is 1. The van der Waals surface area contributed by atoms with E-state index < -0.39 is 0 Å². The van der Waals surface area contributed by atoms with E-state index in [9.17, 15) is 4.79 Å². The fraction of sp³-hybridized carbons (Fsp3) is 0.273. The van der Waals surface area contributed by atoms with Gasteiger partial charge in [-0.15, -0.1) is 11.3 Å². The van der Waals surface area contributed by atoms with Crippen LogP contribution in [0.15, 0.2) is 59.4 Å². The molecule has 0 atom stereocenters. The third-order valence-electron chi connectivity index (χ3n) is 4.96. The Bertz CT molecular complexity index is 955. The maximum absolute atomic E-state index is 12.7. The Labute approximate surface area is 179 Å². The molecule has 7 nitrogen and oxygen atoms in total. The van der Waals surface area contributed by atoms with Crippen molar-refractivity contribution in [3.63, 3.8) is 0 Å². The molecule has 0 unspecified atom stereocenters. The molecule has 0 bridgehead atoms. The highest BCUT2D eigenvalue weighted by Gasteiger charge is 2.21. The van der Waals surface area contributed by atoms with E-state index in [1.54, 1.807) is 12.6 Å². The van der Waals surface area contributed by atoms with E-state index in [1.165, 1.54) is 11.3 Å². The summed E-state index contributed by atoms with van der Waals surface area (Å²) in [5.74, 6) is 1.54. The number of methoxy groups -OCH3 is 1. The number of thiazole rings is 1. The maximum atomic E-state index is 12.7. The van der Waals surface area contributed by atoms with Crippen molar-refractivity contribution >= 4 is 28.7 Å². The highest BCUT2D eigenvalue weighted by molar-refractivity contribution is 7.07. The van der Waals surface area contributed by atoms with Gasteiger partial charge < -0.3 is 24.6 Å². The van der Waals surface area contributed by atoms with E-state index in [2.05, 4.69) is 15.2 Å². The van der Waals surface area contributed by atoms with Crippen LogP contribution >= 0.6 is 11.3 Å². The van der Waals surface area contributed by atoms with E-state index in [4.69, 9.17) is 9.47 Å². The number of nitrogens with zero attached hydrogens (tertiary/aromatic N) is 3. The zero-order valence-corrected chi connectivity index (χ0v) is 17.6. The van der Waals surface area contributed by atoms with Crippen LogP contribution in [-0.4, -0.2) is 49.2 Å². The molecule has 1 N–H and O–H groups in total. The number of aromatic nitrogens is 1. The van der Waals surface area contributed by atoms with Gasteiger partial charge in [-0.1, -0.05) is 6.07 Å². The smallest absolute Gasteiger partial charge is 0.321 e. The zero-order valence-electron chi connectivity index (χ0n) is 16.8. The van der Waals surface area contributed by atoms with Gasteiger partial charge in [-0.05, 0) is 36.4 Å². The average Bonchev–Trinajstić information content (AvgIpc) is 3.32. The van der Waals surface area contributed by atoms with Crippen molar-refractivity contribution in [3.05, 3.63) is 65.1 Å². The molecule has 3 aromatic rings. The lowest BCUT2D eigenvalue weighted by atomic mass is 10.2. The predicted octanol–water partition coefficient (Wildman–Crippen LogP) is 4.08. The van der Waals surface area contributed by atoms with Crippen LogP contribution in [0.3, 0.4) is 0 Å². The summed E-state index contributed by atoms with van der Waals surface area (Å²) in [6, 6.07) is 15.3. The number of anilines is 2. The quantitative estimate of drug-likeness (QED) is 0.646. The molecule has 1 aliphatic rings. The molecule has 8 heteroatoms. The van der Waals surface area contributed by atoms with Crippen LogP contribution in [0.25, 0.3) is 0 Å². The van der Waals surface area contributed by atoms with Gasteiger partial charge in [0.1, 0.15) is 18.1 Å². The van der Waals surface area contributed by atoms with Gasteiger partial charge in [0.05, 0.1) is 18.3 Å². The van der Waals surface area contributed by atoms with Crippen LogP contribution in [0.4, 0.5) is 16.2 Å². The monoisotopic (exact) mass is 424 g/mol. The fourth-order valence-corrected chi connectivity index (χ4v) is 3.84. The normalized spacial score (nSPS) is 13.8. The summed E-state index contributed by atoms with van der Waals surface area (Å²) >= 11 is 1.54. The first-order valence-corrected chi connectivity index (χ1v) is 10.7. The standard InChI is InChI=1S/C22H24N4O3S/c1-28-20-7-5-19(6-8-20)25-9-11-26(12-10-25)22(27)24-17-3-2-4-21(13-17)29-14-18-15-30-16-23-18/h2-8,13,15-16H,9-12,14H2,1H3,(H,24,27). The number of rotatable bonds is 6. The molecule has 1 aromatic heterocycles. The molecule has 0 spiro atoms. The first-order chi connectivity index (χ1) is 14.7. The summed E-state index contributed by atoms with van der Waals surface area (Å²) in [7, 11) is 1.66. The molecule has 1 aliphatic heterocycles. The van der Waals surface area contributed by atoms with E-state index in [0.29, 0.717) is 31.1 Å². The Hall–Kier alpha value is -3.26. The largest absolute Gasteiger partial charge is 0.497 e.